The predicted molar refractivity (Wildman–Crippen MR) is 143 cm³/mol. The lowest BCUT2D eigenvalue weighted by Gasteiger charge is -2.13. The molecule has 0 saturated heterocycles. The number of hydrogen-bond donors (Lipinski definition) is 2. The highest BCUT2D eigenvalue weighted by Gasteiger charge is 2.22. The molecule has 3 aromatic rings. The number of hydrogen-bond acceptors (Lipinski definition) is 8. The standard InChI is InChI=1S/C27H29N3O6S/c1-6-35-27(33)23-16(2)18(4)37-26(23)29-25(32)19-11-13-21(14-12-19)36-17(3)24(31)30-28-15-20-9-7-8-10-22(20)34-5/h7-15,17H,6H2,1-5H3,(H,29,32)(H,30,31)/b28-15-/t17-/m0/s1. The Kier molecular flexibility index (Phi) is 9.39. The average Bonchev–Trinajstić information content (AvgIpc) is 3.17. The Bertz CT molecular complexity index is 1300. The van der Waals surface area contributed by atoms with Crippen LogP contribution >= 0.6 is 11.3 Å². The molecule has 0 radical (unpaired) electrons. The van der Waals surface area contributed by atoms with Gasteiger partial charge in [-0.25, -0.2) is 10.2 Å². The molecule has 1 heterocycles. The van der Waals surface area contributed by atoms with Crippen LogP contribution in [0.3, 0.4) is 0 Å². The summed E-state index contributed by atoms with van der Waals surface area (Å²) < 4.78 is 16.0. The monoisotopic (exact) mass is 523 g/mol. The molecule has 194 valence electrons. The summed E-state index contributed by atoms with van der Waals surface area (Å²) >= 11 is 1.32. The number of rotatable bonds is 10. The first kappa shape index (κ1) is 27.4. The maximum absolute atomic E-state index is 12.8. The zero-order chi connectivity index (χ0) is 26.9. The summed E-state index contributed by atoms with van der Waals surface area (Å²) in [5.41, 5.74) is 4.67. The lowest BCUT2D eigenvalue weighted by molar-refractivity contribution is -0.127. The van der Waals surface area contributed by atoms with Gasteiger partial charge in [0.2, 0.25) is 0 Å². The van der Waals surface area contributed by atoms with E-state index in [4.69, 9.17) is 14.2 Å². The molecule has 1 aromatic heterocycles. The first-order chi connectivity index (χ1) is 17.7. The van der Waals surface area contributed by atoms with Gasteiger partial charge in [-0.15, -0.1) is 11.3 Å². The number of aryl methyl sites for hydroxylation is 1. The van der Waals surface area contributed by atoms with Gasteiger partial charge in [-0.1, -0.05) is 12.1 Å². The molecule has 0 aliphatic heterocycles. The molecule has 0 saturated carbocycles. The summed E-state index contributed by atoms with van der Waals surface area (Å²) in [6, 6.07) is 13.6. The molecule has 10 heteroatoms. The zero-order valence-corrected chi connectivity index (χ0v) is 22.1. The fourth-order valence-corrected chi connectivity index (χ4v) is 4.35. The third-order valence-corrected chi connectivity index (χ3v) is 6.53. The normalized spacial score (nSPS) is 11.6. The number of para-hydroxylation sites is 1. The second kappa shape index (κ2) is 12.7. The van der Waals surface area contributed by atoms with Crippen LogP contribution in [0.2, 0.25) is 0 Å². The van der Waals surface area contributed by atoms with Crippen molar-refractivity contribution in [2.45, 2.75) is 33.8 Å². The van der Waals surface area contributed by atoms with E-state index in [0.29, 0.717) is 27.6 Å². The third kappa shape index (κ3) is 6.95. The van der Waals surface area contributed by atoms with Crippen molar-refractivity contribution in [3.05, 3.63) is 75.7 Å². The average molecular weight is 524 g/mol. The molecule has 3 rings (SSSR count). The molecule has 1 atom stereocenters. The molecular formula is C27H29N3O6S. The second-order valence-electron chi connectivity index (χ2n) is 7.92. The number of hydrazone groups is 1. The number of methoxy groups -OCH3 is 1. The number of nitrogens with zero attached hydrogens (tertiary/aromatic N) is 1. The van der Waals surface area contributed by atoms with Gasteiger partial charge >= 0.3 is 5.97 Å². The third-order valence-electron chi connectivity index (χ3n) is 5.41. The molecule has 0 bridgehead atoms. The van der Waals surface area contributed by atoms with Gasteiger partial charge in [0.05, 0.1) is 25.5 Å². The van der Waals surface area contributed by atoms with Crippen molar-refractivity contribution < 1.29 is 28.6 Å². The van der Waals surface area contributed by atoms with E-state index in [1.54, 1.807) is 51.3 Å². The SMILES string of the molecule is CCOC(=O)c1c(NC(=O)c2ccc(O[C@@H](C)C(=O)N/N=C\c3ccccc3OC)cc2)sc(C)c1C. The van der Waals surface area contributed by atoms with E-state index in [1.165, 1.54) is 17.6 Å². The van der Waals surface area contributed by atoms with Crippen molar-refractivity contribution in [1.82, 2.24) is 5.43 Å². The molecule has 0 unspecified atom stereocenters. The molecule has 0 fully saturated rings. The number of nitrogens with one attached hydrogen (secondary N) is 2. The minimum Gasteiger partial charge on any atom is -0.496 e. The lowest BCUT2D eigenvalue weighted by Crippen LogP contribution is -2.33. The smallest absolute Gasteiger partial charge is 0.341 e. The van der Waals surface area contributed by atoms with E-state index in [9.17, 15) is 14.4 Å². The van der Waals surface area contributed by atoms with Gasteiger partial charge in [0.15, 0.2) is 6.10 Å². The highest BCUT2D eigenvalue weighted by atomic mass is 32.1. The van der Waals surface area contributed by atoms with Crippen molar-refractivity contribution >= 4 is 40.3 Å². The van der Waals surface area contributed by atoms with Gasteiger partial charge < -0.3 is 19.5 Å². The molecular weight excluding hydrogens is 494 g/mol. The molecule has 9 nitrogen and oxygen atoms in total. The van der Waals surface area contributed by atoms with Gasteiger partial charge in [0.1, 0.15) is 16.5 Å². The number of ether oxygens (including phenoxy) is 3. The van der Waals surface area contributed by atoms with Crippen LogP contribution in [0.5, 0.6) is 11.5 Å². The molecule has 2 amide bonds. The number of anilines is 1. The largest absolute Gasteiger partial charge is 0.496 e. The minimum absolute atomic E-state index is 0.243. The summed E-state index contributed by atoms with van der Waals surface area (Å²) in [5.74, 6) is -0.251. The molecule has 0 aliphatic rings. The van der Waals surface area contributed by atoms with E-state index < -0.39 is 18.0 Å². The van der Waals surface area contributed by atoms with E-state index in [-0.39, 0.29) is 12.5 Å². The Morgan fingerprint density at radius 3 is 2.46 bits per heavy atom. The maximum Gasteiger partial charge on any atom is 0.341 e. The minimum atomic E-state index is -0.835. The molecule has 2 aromatic carbocycles. The first-order valence-corrected chi connectivity index (χ1v) is 12.4. The van der Waals surface area contributed by atoms with Crippen LogP contribution in [0.15, 0.2) is 53.6 Å². The van der Waals surface area contributed by atoms with E-state index >= 15 is 0 Å². The molecule has 2 N–H and O–H groups in total. The number of carbonyl (C=O) groups is 3. The van der Waals surface area contributed by atoms with Crippen LogP contribution in [0.4, 0.5) is 5.00 Å². The summed E-state index contributed by atoms with van der Waals surface area (Å²) in [4.78, 5) is 38.4. The summed E-state index contributed by atoms with van der Waals surface area (Å²) in [6.07, 6.45) is 0.652. The molecule has 0 aliphatic carbocycles. The van der Waals surface area contributed by atoms with Crippen LogP contribution in [-0.2, 0) is 9.53 Å². The maximum atomic E-state index is 12.8. The zero-order valence-electron chi connectivity index (χ0n) is 21.3. The Morgan fingerprint density at radius 1 is 1.08 bits per heavy atom. The van der Waals surface area contributed by atoms with Crippen LogP contribution in [-0.4, -0.2) is 43.8 Å². The first-order valence-electron chi connectivity index (χ1n) is 11.6. The summed E-state index contributed by atoms with van der Waals surface area (Å²) in [7, 11) is 1.56. The van der Waals surface area contributed by atoms with Crippen LogP contribution in [0.1, 0.15) is 50.6 Å². The van der Waals surface area contributed by atoms with Crippen molar-refractivity contribution in [2.75, 3.05) is 19.0 Å². The summed E-state index contributed by atoms with van der Waals surface area (Å²) in [6.45, 7) is 7.26. The quantitative estimate of drug-likeness (QED) is 0.226. The topological polar surface area (TPSA) is 115 Å². The van der Waals surface area contributed by atoms with E-state index in [0.717, 1.165) is 16.0 Å². The van der Waals surface area contributed by atoms with Gasteiger partial charge in [-0.3, -0.25) is 9.59 Å². The number of thiophene rings is 1. The van der Waals surface area contributed by atoms with Crippen LogP contribution < -0.4 is 20.2 Å². The number of amides is 2. The van der Waals surface area contributed by atoms with E-state index in [2.05, 4.69) is 15.8 Å². The predicted octanol–water partition coefficient (Wildman–Crippen LogP) is 4.72. The molecule has 37 heavy (non-hydrogen) atoms. The fraction of sp³-hybridized carbons (Fsp3) is 0.259. The van der Waals surface area contributed by atoms with Gasteiger partial charge in [-0.2, -0.15) is 5.10 Å². The summed E-state index contributed by atoms with van der Waals surface area (Å²) in [5, 5.41) is 7.20. The Morgan fingerprint density at radius 2 is 1.78 bits per heavy atom. The van der Waals surface area contributed by atoms with Crippen molar-refractivity contribution in [3.63, 3.8) is 0 Å². The highest BCUT2D eigenvalue weighted by Crippen LogP contribution is 2.33. The number of esters is 1. The Balaban J connectivity index is 1.59. The van der Waals surface area contributed by atoms with Crippen molar-refractivity contribution in [1.29, 1.82) is 0 Å². The lowest BCUT2D eigenvalue weighted by atomic mass is 10.1. The highest BCUT2D eigenvalue weighted by molar-refractivity contribution is 7.16. The number of carbonyl (C=O) groups excluding carboxylic acids is 3. The van der Waals surface area contributed by atoms with Crippen molar-refractivity contribution in [2.24, 2.45) is 5.10 Å². The van der Waals surface area contributed by atoms with Crippen LogP contribution in [0.25, 0.3) is 0 Å². The van der Waals surface area contributed by atoms with Gasteiger partial charge in [-0.05, 0) is 69.7 Å². The van der Waals surface area contributed by atoms with Crippen LogP contribution in [0, 0.1) is 13.8 Å². The van der Waals surface area contributed by atoms with Gasteiger partial charge in [0.25, 0.3) is 11.8 Å². The Labute approximate surface area is 219 Å². The second-order valence-corrected chi connectivity index (χ2v) is 9.15. The van der Waals surface area contributed by atoms with Crippen molar-refractivity contribution in [3.8, 4) is 11.5 Å². The van der Waals surface area contributed by atoms with E-state index in [1.807, 2.05) is 32.0 Å². The van der Waals surface area contributed by atoms with Gasteiger partial charge in [0, 0.05) is 16.0 Å². The molecule has 0 spiro atoms. The Hall–Kier alpha value is -4.18. The number of benzene rings is 2. The fourth-order valence-electron chi connectivity index (χ4n) is 3.31.